The van der Waals surface area contributed by atoms with Crippen LogP contribution in [0.5, 0.6) is 0 Å². The number of H-pyrrole nitrogens is 2. The van der Waals surface area contributed by atoms with Crippen molar-refractivity contribution in [2.75, 3.05) is 4.43 Å². The highest BCUT2D eigenvalue weighted by Crippen LogP contribution is 2.07. The second-order valence-electron chi connectivity index (χ2n) is 4.87. The van der Waals surface area contributed by atoms with Gasteiger partial charge in [0.15, 0.2) is 10.4 Å². The summed E-state index contributed by atoms with van der Waals surface area (Å²) in [7, 11) is 0. The fourth-order valence-electron chi connectivity index (χ4n) is 2.17. The third-order valence-corrected chi connectivity index (χ3v) is 4.65. The van der Waals surface area contributed by atoms with E-state index in [0.29, 0.717) is 22.1 Å². The quantitative estimate of drug-likeness (QED) is 0.296. The van der Waals surface area contributed by atoms with E-state index in [2.05, 4.69) is 52.8 Å². The van der Waals surface area contributed by atoms with E-state index in [1.165, 1.54) is 18.7 Å². The van der Waals surface area contributed by atoms with Crippen LogP contribution in [0.25, 0.3) is 11.2 Å². The van der Waals surface area contributed by atoms with Crippen molar-refractivity contribution in [2.45, 2.75) is 12.6 Å². The Hall–Kier alpha value is -2.15. The molecule has 0 saturated carbocycles. The Bertz CT molecular complexity index is 981. The topological polar surface area (TPSA) is 121 Å². The number of alkyl halides is 1. The van der Waals surface area contributed by atoms with Crippen LogP contribution in [0.3, 0.4) is 0 Å². The molecule has 1 unspecified atom stereocenters. The maximum Gasteiger partial charge on any atom is 0.289 e. The Balaban J connectivity index is 1.86. The predicted molar refractivity (Wildman–Crippen MR) is 97.7 cm³/mol. The summed E-state index contributed by atoms with van der Waals surface area (Å²) >= 11 is 7.39. The van der Waals surface area contributed by atoms with E-state index >= 15 is 0 Å². The van der Waals surface area contributed by atoms with Crippen molar-refractivity contribution in [3.63, 3.8) is 0 Å². The smallest absolute Gasteiger partial charge is 0.289 e. The van der Waals surface area contributed by atoms with E-state index < -0.39 is 0 Å². The third kappa shape index (κ3) is 3.36. The summed E-state index contributed by atoms with van der Waals surface area (Å²) in [5.74, 6) is -0.270. The molecule has 0 aliphatic rings. The van der Waals surface area contributed by atoms with E-state index in [0.717, 1.165) is 0 Å². The molecule has 0 aliphatic heterocycles. The van der Waals surface area contributed by atoms with Crippen LogP contribution in [0.15, 0.2) is 29.6 Å². The molecule has 3 N–H and O–H groups in total. The van der Waals surface area contributed by atoms with Crippen molar-refractivity contribution >= 4 is 51.9 Å². The fourth-order valence-corrected chi connectivity index (χ4v) is 2.92. The van der Waals surface area contributed by atoms with Gasteiger partial charge < -0.3 is 10.3 Å². The van der Waals surface area contributed by atoms with Gasteiger partial charge in [-0.05, 0) is 18.3 Å². The summed E-state index contributed by atoms with van der Waals surface area (Å²) in [6.07, 6.45) is 4.44. The summed E-state index contributed by atoms with van der Waals surface area (Å²) in [5, 5.41) is 2.86. The van der Waals surface area contributed by atoms with Crippen LogP contribution in [0, 0.1) is 4.77 Å². The van der Waals surface area contributed by atoms with E-state index in [9.17, 15) is 9.59 Å². The minimum Gasteiger partial charge on any atom is -0.344 e. The maximum absolute atomic E-state index is 12.2. The van der Waals surface area contributed by atoms with Gasteiger partial charge in [0.1, 0.15) is 5.52 Å². The van der Waals surface area contributed by atoms with E-state index in [-0.39, 0.29) is 28.1 Å². The van der Waals surface area contributed by atoms with Gasteiger partial charge in [0.05, 0.1) is 12.4 Å². The SMILES string of the molecule is O=C(NC(CI)Cn1c(=S)[nH]c(=O)c2[nH]cnc21)c1ncccn1. The second kappa shape index (κ2) is 7.17. The lowest BCUT2D eigenvalue weighted by atomic mass is 10.3. The molecular weight excluding hydrogens is 445 g/mol. The summed E-state index contributed by atoms with van der Waals surface area (Å²) in [6, 6.07) is 1.40. The van der Waals surface area contributed by atoms with Gasteiger partial charge in [-0.3, -0.25) is 19.1 Å². The second-order valence-corrected chi connectivity index (χ2v) is 6.14. The number of hydrogen-bond donors (Lipinski definition) is 3. The lowest BCUT2D eigenvalue weighted by molar-refractivity contribution is 0.0927. The zero-order chi connectivity index (χ0) is 17.1. The van der Waals surface area contributed by atoms with Gasteiger partial charge in [-0.25, -0.2) is 15.0 Å². The molecule has 0 radical (unpaired) electrons. The molecule has 3 heterocycles. The number of aromatic nitrogens is 6. The van der Waals surface area contributed by atoms with Crippen molar-refractivity contribution in [2.24, 2.45) is 0 Å². The van der Waals surface area contributed by atoms with Crippen LogP contribution < -0.4 is 10.9 Å². The Morgan fingerprint density at radius 3 is 2.83 bits per heavy atom. The number of nitrogens with one attached hydrogen (secondary N) is 3. The van der Waals surface area contributed by atoms with Crippen molar-refractivity contribution < 1.29 is 4.79 Å². The van der Waals surface area contributed by atoms with Crippen molar-refractivity contribution in [1.82, 2.24) is 34.8 Å². The molecule has 1 atom stereocenters. The van der Waals surface area contributed by atoms with Crippen LogP contribution in [0.4, 0.5) is 0 Å². The number of carbonyl (C=O) groups is 1. The third-order valence-electron chi connectivity index (χ3n) is 3.26. The van der Waals surface area contributed by atoms with Crippen molar-refractivity contribution in [3.05, 3.63) is 45.7 Å². The minimum atomic E-state index is -0.369. The molecule has 3 rings (SSSR count). The van der Waals surface area contributed by atoms with Gasteiger partial charge in [-0.15, -0.1) is 0 Å². The molecule has 0 aromatic carbocycles. The number of imidazole rings is 1. The van der Waals surface area contributed by atoms with Crippen LogP contribution in [-0.4, -0.2) is 45.9 Å². The number of nitrogens with zero attached hydrogens (tertiary/aromatic N) is 4. The molecule has 0 saturated heterocycles. The van der Waals surface area contributed by atoms with Gasteiger partial charge in [0, 0.05) is 23.4 Å². The number of halogens is 1. The summed E-state index contributed by atoms with van der Waals surface area (Å²) < 4.78 is 2.56. The normalized spacial score (nSPS) is 12.2. The van der Waals surface area contributed by atoms with Crippen molar-refractivity contribution in [1.29, 1.82) is 0 Å². The lowest BCUT2D eigenvalue weighted by Gasteiger charge is -2.17. The first-order chi connectivity index (χ1) is 11.6. The number of hydrogen-bond acceptors (Lipinski definition) is 6. The first-order valence-corrected chi connectivity index (χ1v) is 8.83. The van der Waals surface area contributed by atoms with E-state index in [1.807, 2.05) is 0 Å². The highest BCUT2D eigenvalue weighted by Gasteiger charge is 2.17. The Morgan fingerprint density at radius 2 is 2.12 bits per heavy atom. The number of fused-ring (bicyclic) bond motifs is 1. The highest BCUT2D eigenvalue weighted by atomic mass is 127. The van der Waals surface area contributed by atoms with E-state index in [1.54, 1.807) is 10.6 Å². The van der Waals surface area contributed by atoms with Gasteiger partial charge in [0.25, 0.3) is 11.5 Å². The monoisotopic (exact) mass is 457 g/mol. The van der Waals surface area contributed by atoms with Gasteiger partial charge >= 0.3 is 0 Å². The molecule has 0 aliphatic carbocycles. The molecule has 0 bridgehead atoms. The predicted octanol–water partition coefficient (Wildman–Crippen LogP) is 0.806. The summed E-state index contributed by atoms with van der Waals surface area (Å²) in [6.45, 7) is 0.360. The van der Waals surface area contributed by atoms with Crippen LogP contribution >= 0.6 is 34.8 Å². The first kappa shape index (κ1) is 16.7. The molecule has 0 fully saturated rings. The lowest BCUT2D eigenvalue weighted by Crippen LogP contribution is -2.40. The largest absolute Gasteiger partial charge is 0.344 e. The van der Waals surface area contributed by atoms with Crippen LogP contribution in [0.1, 0.15) is 10.6 Å². The maximum atomic E-state index is 12.2. The molecule has 9 nitrogen and oxygen atoms in total. The number of amides is 1. The number of rotatable bonds is 5. The molecule has 3 aromatic heterocycles. The van der Waals surface area contributed by atoms with Gasteiger partial charge in [0.2, 0.25) is 5.82 Å². The van der Waals surface area contributed by atoms with Crippen LogP contribution in [-0.2, 0) is 6.54 Å². The molecule has 0 spiro atoms. The Labute approximate surface area is 154 Å². The minimum absolute atomic E-state index is 0.0994. The van der Waals surface area contributed by atoms with Gasteiger partial charge in [-0.1, -0.05) is 22.6 Å². The van der Waals surface area contributed by atoms with Crippen molar-refractivity contribution in [3.8, 4) is 0 Å². The Kier molecular flexibility index (Phi) is 4.99. The number of aromatic amines is 2. The standard InChI is InChI=1S/C13H12IN7O2S/c14-4-7(19-12(23)9-15-2-1-3-16-9)5-21-10-8(17-6-18-10)11(22)20-13(21)24/h1-3,6-7H,4-5H2,(H,17,18)(H,19,23)(H,20,22,24). The molecular formula is C13H12IN7O2S. The zero-order valence-electron chi connectivity index (χ0n) is 12.2. The average Bonchev–Trinajstić information content (AvgIpc) is 3.08. The average molecular weight is 457 g/mol. The zero-order valence-corrected chi connectivity index (χ0v) is 15.2. The fraction of sp³-hybridized carbons (Fsp3) is 0.231. The molecule has 11 heteroatoms. The summed E-state index contributed by atoms with van der Waals surface area (Å²) in [5.41, 5.74) is 0.467. The van der Waals surface area contributed by atoms with E-state index in [4.69, 9.17) is 12.2 Å². The molecule has 124 valence electrons. The number of carbonyl (C=O) groups excluding carboxylic acids is 1. The van der Waals surface area contributed by atoms with Gasteiger partial charge in [-0.2, -0.15) is 0 Å². The first-order valence-electron chi connectivity index (χ1n) is 6.90. The Morgan fingerprint density at radius 1 is 1.38 bits per heavy atom. The highest BCUT2D eigenvalue weighted by molar-refractivity contribution is 14.1. The molecule has 24 heavy (non-hydrogen) atoms. The molecule has 3 aromatic rings. The van der Waals surface area contributed by atoms with Crippen LogP contribution in [0.2, 0.25) is 0 Å². The summed E-state index contributed by atoms with van der Waals surface area (Å²) in [4.78, 5) is 41.4. The molecule has 1 amide bonds.